The zero-order valence-corrected chi connectivity index (χ0v) is 18.6. The summed E-state index contributed by atoms with van der Waals surface area (Å²) in [4.78, 5) is 9.54. The average molecular weight is 398 g/mol. The predicted octanol–water partition coefficient (Wildman–Crippen LogP) is 5.48. The predicted molar refractivity (Wildman–Crippen MR) is 120 cm³/mol. The minimum absolute atomic E-state index is 0.391. The quantitative estimate of drug-likeness (QED) is 0.145. The molecule has 0 saturated carbocycles. The lowest BCUT2D eigenvalue weighted by Gasteiger charge is -2.11. The third-order valence-corrected chi connectivity index (χ3v) is 5.61. The normalized spacial score (nSPS) is 20.1. The van der Waals surface area contributed by atoms with Crippen molar-refractivity contribution in [1.29, 1.82) is 0 Å². The van der Waals surface area contributed by atoms with Crippen LogP contribution in [0.4, 0.5) is 0 Å². The van der Waals surface area contributed by atoms with E-state index >= 15 is 0 Å². The fourth-order valence-corrected chi connectivity index (χ4v) is 3.78. The minimum atomic E-state index is -0.513. The first-order valence-electron chi connectivity index (χ1n) is 12.1. The number of hydrogen-bond donors (Lipinski definition) is 3. The van der Waals surface area contributed by atoms with Crippen molar-refractivity contribution < 1.29 is 9.94 Å². The highest BCUT2D eigenvalue weighted by Gasteiger charge is 2.16. The van der Waals surface area contributed by atoms with E-state index in [1.165, 1.54) is 83.5 Å². The Labute approximate surface area is 174 Å². The summed E-state index contributed by atoms with van der Waals surface area (Å²) in [5.41, 5.74) is 2.64. The summed E-state index contributed by atoms with van der Waals surface area (Å²) in [5.74, 6) is 0. The van der Waals surface area contributed by atoms with E-state index in [-0.39, 0.29) is 0 Å². The van der Waals surface area contributed by atoms with Gasteiger partial charge in [-0.15, -0.1) is 0 Å². The van der Waals surface area contributed by atoms with Gasteiger partial charge in [0.2, 0.25) is 0 Å². The summed E-state index contributed by atoms with van der Waals surface area (Å²) in [5, 5.41) is 13.2. The number of nitrogens with zero attached hydrogens (tertiary/aromatic N) is 1. The van der Waals surface area contributed by atoms with Gasteiger partial charge >= 0.3 is 0 Å². The standard InChI is InChI=1S/C23H47N3O2/c1-3-21-20-24-22(25-21)18-16-14-12-10-8-6-5-7-9-11-13-15-17-19-23(27)26-28-4-2/h20-23,25-27H,3-19H2,1-2H3. The number of aliphatic imine (C=N–C) groups is 1. The summed E-state index contributed by atoms with van der Waals surface area (Å²) in [7, 11) is 0. The number of rotatable bonds is 20. The smallest absolute Gasteiger partial charge is 0.127 e. The number of hydrogen-bond acceptors (Lipinski definition) is 5. The molecule has 0 aromatic carbocycles. The molecule has 1 aliphatic rings. The molecular formula is C23H47N3O2. The lowest BCUT2D eigenvalue weighted by Crippen LogP contribution is -2.30. The summed E-state index contributed by atoms with van der Waals surface area (Å²) >= 11 is 0. The number of hydroxylamine groups is 1. The summed E-state index contributed by atoms with van der Waals surface area (Å²) < 4.78 is 0. The molecule has 0 fully saturated rings. The van der Waals surface area contributed by atoms with Crippen LogP contribution >= 0.6 is 0 Å². The van der Waals surface area contributed by atoms with Gasteiger partial charge in [-0.1, -0.05) is 77.6 Å². The van der Waals surface area contributed by atoms with Crippen molar-refractivity contribution in [3.63, 3.8) is 0 Å². The van der Waals surface area contributed by atoms with Crippen molar-refractivity contribution in [2.45, 2.75) is 135 Å². The molecule has 5 heteroatoms. The molecule has 0 amide bonds. The van der Waals surface area contributed by atoms with Crippen molar-refractivity contribution in [1.82, 2.24) is 10.8 Å². The van der Waals surface area contributed by atoms with Crippen molar-refractivity contribution in [3.8, 4) is 0 Å². The summed E-state index contributed by atoms with van der Waals surface area (Å²) in [6.45, 7) is 4.71. The van der Waals surface area contributed by atoms with Crippen LogP contribution in [0.1, 0.15) is 117 Å². The van der Waals surface area contributed by atoms with Crippen LogP contribution in [0.25, 0.3) is 0 Å². The number of nitrogens with one attached hydrogen (secondary N) is 2. The van der Waals surface area contributed by atoms with Crippen LogP contribution in [0.2, 0.25) is 0 Å². The molecule has 0 aliphatic carbocycles. The molecular weight excluding hydrogens is 350 g/mol. The maximum Gasteiger partial charge on any atom is 0.127 e. The van der Waals surface area contributed by atoms with Crippen LogP contribution in [0, 0.1) is 0 Å². The highest BCUT2D eigenvalue weighted by Crippen LogP contribution is 2.15. The molecule has 1 rings (SSSR count). The van der Waals surface area contributed by atoms with Crippen LogP contribution in [0.3, 0.4) is 0 Å². The van der Waals surface area contributed by atoms with Crippen LogP contribution in [0.5, 0.6) is 0 Å². The fourth-order valence-electron chi connectivity index (χ4n) is 3.78. The molecule has 0 aromatic rings. The van der Waals surface area contributed by atoms with Gasteiger partial charge in [-0.3, -0.25) is 15.1 Å². The summed E-state index contributed by atoms with van der Waals surface area (Å²) in [6, 6.07) is 0.515. The molecule has 1 heterocycles. The second-order valence-electron chi connectivity index (χ2n) is 8.24. The molecule has 3 N–H and O–H groups in total. The van der Waals surface area contributed by atoms with Gasteiger partial charge in [-0.2, -0.15) is 5.48 Å². The maximum absolute atomic E-state index is 9.60. The molecule has 0 saturated heterocycles. The van der Waals surface area contributed by atoms with Crippen molar-refractivity contribution in [2.24, 2.45) is 4.99 Å². The Morgan fingerprint density at radius 1 is 0.893 bits per heavy atom. The first kappa shape index (κ1) is 25.5. The topological polar surface area (TPSA) is 65.9 Å². The second kappa shape index (κ2) is 18.5. The highest BCUT2D eigenvalue weighted by molar-refractivity contribution is 5.66. The lowest BCUT2D eigenvalue weighted by molar-refractivity contribution is -0.0555. The highest BCUT2D eigenvalue weighted by atomic mass is 16.7. The van der Waals surface area contributed by atoms with Gasteiger partial charge in [0.1, 0.15) is 6.23 Å². The molecule has 0 spiro atoms. The molecule has 3 unspecified atom stereocenters. The van der Waals surface area contributed by atoms with Crippen LogP contribution < -0.4 is 10.8 Å². The van der Waals surface area contributed by atoms with Gasteiger partial charge in [-0.25, -0.2) is 0 Å². The molecule has 28 heavy (non-hydrogen) atoms. The third-order valence-electron chi connectivity index (χ3n) is 5.61. The van der Waals surface area contributed by atoms with Crippen molar-refractivity contribution >= 4 is 6.21 Å². The Morgan fingerprint density at radius 2 is 1.43 bits per heavy atom. The van der Waals surface area contributed by atoms with E-state index in [1.54, 1.807) is 0 Å². The van der Waals surface area contributed by atoms with Crippen LogP contribution in [-0.2, 0) is 4.84 Å². The van der Waals surface area contributed by atoms with E-state index in [4.69, 9.17) is 4.84 Å². The van der Waals surface area contributed by atoms with E-state index in [9.17, 15) is 5.11 Å². The number of unbranched alkanes of at least 4 members (excludes halogenated alkanes) is 12. The van der Waals surface area contributed by atoms with E-state index < -0.39 is 6.23 Å². The number of aliphatic hydroxyl groups excluding tert-OH is 1. The third kappa shape index (κ3) is 14.5. The summed E-state index contributed by atoms with van der Waals surface area (Å²) in [6.07, 6.45) is 22.4. The van der Waals surface area contributed by atoms with Gasteiger partial charge in [0.15, 0.2) is 0 Å². The molecule has 0 radical (unpaired) electrons. The van der Waals surface area contributed by atoms with Gasteiger partial charge in [0.25, 0.3) is 0 Å². The van der Waals surface area contributed by atoms with Crippen molar-refractivity contribution in [2.75, 3.05) is 6.61 Å². The molecule has 166 valence electrons. The van der Waals surface area contributed by atoms with E-state index in [1.807, 2.05) is 6.92 Å². The Kier molecular flexibility index (Phi) is 16.9. The molecule has 5 nitrogen and oxygen atoms in total. The largest absolute Gasteiger partial charge is 0.377 e. The number of aliphatic hydroxyl groups is 1. The van der Waals surface area contributed by atoms with E-state index in [0.717, 1.165) is 19.3 Å². The molecule has 1 aliphatic heterocycles. The Morgan fingerprint density at radius 3 is 1.93 bits per heavy atom. The Bertz CT molecular complexity index is 366. The Hall–Kier alpha value is -0.490. The van der Waals surface area contributed by atoms with Crippen molar-refractivity contribution in [3.05, 3.63) is 0 Å². The monoisotopic (exact) mass is 397 g/mol. The van der Waals surface area contributed by atoms with Gasteiger partial charge in [0, 0.05) is 12.3 Å². The fraction of sp³-hybridized carbons (Fsp3) is 0.957. The van der Waals surface area contributed by atoms with Gasteiger partial charge < -0.3 is 5.11 Å². The van der Waals surface area contributed by atoms with Crippen LogP contribution in [0.15, 0.2) is 4.99 Å². The first-order valence-corrected chi connectivity index (χ1v) is 12.1. The second-order valence-corrected chi connectivity index (χ2v) is 8.24. The van der Waals surface area contributed by atoms with Crippen LogP contribution in [-0.4, -0.2) is 36.4 Å². The Balaban J connectivity index is 1.71. The zero-order valence-electron chi connectivity index (χ0n) is 18.6. The first-order chi connectivity index (χ1) is 13.8. The zero-order chi connectivity index (χ0) is 20.3. The average Bonchev–Trinajstić information content (AvgIpc) is 3.17. The molecule has 0 bridgehead atoms. The van der Waals surface area contributed by atoms with Gasteiger partial charge in [-0.05, 0) is 39.0 Å². The molecule has 0 aromatic heterocycles. The minimum Gasteiger partial charge on any atom is -0.377 e. The van der Waals surface area contributed by atoms with E-state index in [0.29, 0.717) is 18.8 Å². The SMILES string of the molecule is CCONC(O)CCCCCCCCCCCCCCCC1N=CC(CC)N1. The van der Waals surface area contributed by atoms with Gasteiger partial charge in [0.05, 0.1) is 12.8 Å². The lowest BCUT2D eigenvalue weighted by atomic mass is 10.0. The molecule has 3 atom stereocenters. The maximum atomic E-state index is 9.60. The van der Waals surface area contributed by atoms with E-state index in [2.05, 4.69) is 28.9 Å².